The smallest absolute Gasteiger partial charge is 0.407 e. The summed E-state index contributed by atoms with van der Waals surface area (Å²) in [4.78, 5) is 22.1. The monoisotopic (exact) mass is 218 g/mol. The van der Waals surface area contributed by atoms with Gasteiger partial charge in [0.2, 0.25) is 0 Å². The van der Waals surface area contributed by atoms with E-state index in [1.54, 1.807) is 0 Å². The summed E-state index contributed by atoms with van der Waals surface area (Å²) in [5.74, 6) is -0.579. The summed E-state index contributed by atoms with van der Waals surface area (Å²) >= 11 is 0. The number of methoxy groups -OCH3 is 1. The minimum Gasteiger partial charge on any atom is -0.467 e. The molecule has 88 valence electrons. The summed E-state index contributed by atoms with van der Waals surface area (Å²) < 4.78 is 9.24. The second-order valence-electron chi connectivity index (χ2n) is 2.95. The fourth-order valence-electron chi connectivity index (χ4n) is 0.849. The van der Waals surface area contributed by atoms with E-state index in [9.17, 15) is 9.59 Å². The van der Waals surface area contributed by atoms with Crippen molar-refractivity contribution in [2.75, 3.05) is 20.3 Å². The van der Waals surface area contributed by atoms with E-state index in [1.165, 1.54) is 7.11 Å². The fraction of sp³-hybridized carbons (Fsp3) is 0.778. The van der Waals surface area contributed by atoms with E-state index in [1.807, 2.05) is 6.92 Å². The van der Waals surface area contributed by atoms with E-state index in [-0.39, 0.29) is 6.54 Å². The largest absolute Gasteiger partial charge is 0.467 e. The Balaban J connectivity index is 3.85. The second-order valence-corrected chi connectivity index (χ2v) is 2.95. The van der Waals surface area contributed by atoms with Crippen LogP contribution < -0.4 is 11.1 Å². The minimum absolute atomic E-state index is 0.0183. The summed E-state index contributed by atoms with van der Waals surface area (Å²) in [7, 11) is 1.23. The molecule has 0 fully saturated rings. The van der Waals surface area contributed by atoms with Crippen LogP contribution in [0.25, 0.3) is 0 Å². The van der Waals surface area contributed by atoms with E-state index in [0.717, 1.165) is 12.8 Å². The molecule has 0 aliphatic heterocycles. The topological polar surface area (TPSA) is 90.6 Å². The Bertz CT molecular complexity index is 208. The van der Waals surface area contributed by atoms with Gasteiger partial charge < -0.3 is 20.5 Å². The zero-order chi connectivity index (χ0) is 11.7. The molecular weight excluding hydrogens is 200 g/mol. The molecule has 0 heterocycles. The molecular formula is C9H18N2O4. The Morgan fingerprint density at radius 1 is 1.47 bits per heavy atom. The number of nitrogens with two attached hydrogens (primary N) is 1. The number of amides is 1. The molecule has 0 aliphatic carbocycles. The van der Waals surface area contributed by atoms with Gasteiger partial charge in [-0.05, 0) is 6.42 Å². The standard InChI is InChI=1S/C9H18N2O4/c1-3-4-5-15-9(13)11-7(6-10)8(12)14-2/h7H,3-6,10H2,1-2H3,(H,11,13)/t7-/m1/s1. The predicted octanol–water partition coefficient (Wildman–Crippen LogP) is 0.0130. The molecule has 0 aromatic carbocycles. The first-order valence-electron chi connectivity index (χ1n) is 4.86. The van der Waals surface area contributed by atoms with E-state index in [4.69, 9.17) is 10.5 Å². The molecule has 1 atom stereocenters. The molecule has 6 heteroatoms. The number of carbonyl (C=O) groups excluding carboxylic acids is 2. The minimum atomic E-state index is -0.843. The first-order chi connectivity index (χ1) is 7.15. The van der Waals surface area contributed by atoms with Crippen LogP contribution in [0, 0.1) is 0 Å². The van der Waals surface area contributed by atoms with E-state index in [2.05, 4.69) is 10.1 Å². The van der Waals surface area contributed by atoms with Crippen molar-refractivity contribution in [1.82, 2.24) is 5.32 Å². The van der Waals surface area contributed by atoms with Crippen LogP contribution in [0.3, 0.4) is 0 Å². The Hall–Kier alpha value is -1.30. The van der Waals surface area contributed by atoms with Crippen molar-refractivity contribution in [2.45, 2.75) is 25.8 Å². The number of hydrogen-bond acceptors (Lipinski definition) is 5. The average Bonchev–Trinajstić information content (AvgIpc) is 2.25. The Morgan fingerprint density at radius 2 is 2.13 bits per heavy atom. The van der Waals surface area contributed by atoms with E-state index in [0.29, 0.717) is 6.61 Å². The summed E-state index contributed by atoms with van der Waals surface area (Å²) in [5.41, 5.74) is 5.28. The number of unbranched alkanes of at least 4 members (excludes halogenated alkanes) is 1. The highest BCUT2D eigenvalue weighted by molar-refractivity contribution is 5.81. The Kier molecular flexibility index (Phi) is 7.35. The van der Waals surface area contributed by atoms with Crippen LogP contribution in [0.1, 0.15) is 19.8 Å². The van der Waals surface area contributed by atoms with Crippen LogP contribution in [0.2, 0.25) is 0 Å². The molecule has 0 saturated heterocycles. The van der Waals surface area contributed by atoms with Crippen molar-refractivity contribution in [3.05, 3.63) is 0 Å². The molecule has 0 rings (SSSR count). The van der Waals surface area contributed by atoms with Crippen LogP contribution in [0.15, 0.2) is 0 Å². The SMILES string of the molecule is CCCCOC(=O)N[C@H](CN)C(=O)OC. The number of ether oxygens (including phenoxy) is 2. The normalized spacial score (nSPS) is 11.7. The maximum absolute atomic E-state index is 11.1. The maximum atomic E-state index is 11.1. The fourth-order valence-corrected chi connectivity index (χ4v) is 0.849. The molecule has 0 unspecified atom stereocenters. The number of hydrogen-bond donors (Lipinski definition) is 2. The lowest BCUT2D eigenvalue weighted by atomic mass is 10.3. The molecule has 15 heavy (non-hydrogen) atoms. The van der Waals surface area contributed by atoms with Crippen LogP contribution in [0.5, 0.6) is 0 Å². The van der Waals surface area contributed by atoms with Crippen LogP contribution in [-0.4, -0.2) is 38.4 Å². The number of carbonyl (C=O) groups is 2. The van der Waals surface area contributed by atoms with Gasteiger partial charge in [-0.3, -0.25) is 0 Å². The van der Waals surface area contributed by atoms with Crippen molar-refractivity contribution in [3.63, 3.8) is 0 Å². The highest BCUT2D eigenvalue weighted by Gasteiger charge is 2.19. The number of alkyl carbamates (subject to hydrolysis) is 1. The quantitative estimate of drug-likeness (QED) is 0.484. The van der Waals surface area contributed by atoms with Crippen molar-refractivity contribution in [2.24, 2.45) is 5.73 Å². The first-order valence-corrected chi connectivity index (χ1v) is 4.86. The van der Waals surface area contributed by atoms with Gasteiger partial charge in [0.05, 0.1) is 13.7 Å². The van der Waals surface area contributed by atoms with Crippen LogP contribution in [0.4, 0.5) is 4.79 Å². The molecule has 0 spiro atoms. The molecule has 1 amide bonds. The first kappa shape index (κ1) is 13.7. The lowest BCUT2D eigenvalue weighted by Crippen LogP contribution is -2.46. The third-order valence-electron chi connectivity index (χ3n) is 1.74. The third-order valence-corrected chi connectivity index (χ3v) is 1.74. The number of rotatable bonds is 6. The van der Waals surface area contributed by atoms with Gasteiger partial charge in [-0.25, -0.2) is 9.59 Å². The van der Waals surface area contributed by atoms with Gasteiger partial charge in [-0.15, -0.1) is 0 Å². The van der Waals surface area contributed by atoms with Crippen molar-refractivity contribution < 1.29 is 19.1 Å². The van der Waals surface area contributed by atoms with Gasteiger partial charge in [-0.1, -0.05) is 13.3 Å². The molecule has 0 radical (unpaired) electrons. The molecule has 0 aromatic rings. The zero-order valence-electron chi connectivity index (χ0n) is 9.12. The van der Waals surface area contributed by atoms with Crippen molar-refractivity contribution >= 4 is 12.1 Å². The molecule has 0 saturated carbocycles. The van der Waals surface area contributed by atoms with Gasteiger partial charge in [0.25, 0.3) is 0 Å². The highest BCUT2D eigenvalue weighted by atomic mass is 16.6. The maximum Gasteiger partial charge on any atom is 0.407 e. The van der Waals surface area contributed by atoms with Gasteiger partial charge in [0, 0.05) is 6.54 Å². The number of esters is 1. The van der Waals surface area contributed by atoms with Gasteiger partial charge in [-0.2, -0.15) is 0 Å². The molecule has 0 aliphatic rings. The van der Waals surface area contributed by atoms with Gasteiger partial charge in [0.15, 0.2) is 0 Å². The lowest BCUT2D eigenvalue weighted by Gasteiger charge is -2.13. The predicted molar refractivity (Wildman–Crippen MR) is 54.3 cm³/mol. The molecule has 0 aromatic heterocycles. The Labute approximate surface area is 89.1 Å². The summed E-state index contributed by atoms with van der Waals surface area (Å²) in [6.07, 6.45) is 1.08. The summed E-state index contributed by atoms with van der Waals surface area (Å²) in [6.45, 7) is 2.30. The van der Waals surface area contributed by atoms with E-state index < -0.39 is 18.1 Å². The molecule has 6 nitrogen and oxygen atoms in total. The van der Waals surface area contributed by atoms with Gasteiger partial charge >= 0.3 is 12.1 Å². The van der Waals surface area contributed by atoms with Crippen molar-refractivity contribution in [1.29, 1.82) is 0 Å². The lowest BCUT2D eigenvalue weighted by molar-refractivity contribution is -0.142. The number of nitrogens with one attached hydrogen (secondary N) is 1. The summed E-state index contributed by atoms with van der Waals surface area (Å²) in [6, 6.07) is -0.843. The molecule has 0 bridgehead atoms. The highest BCUT2D eigenvalue weighted by Crippen LogP contribution is 1.91. The second kappa shape index (κ2) is 8.05. The van der Waals surface area contributed by atoms with Gasteiger partial charge in [0.1, 0.15) is 6.04 Å². The zero-order valence-corrected chi connectivity index (χ0v) is 9.12. The van der Waals surface area contributed by atoms with Crippen LogP contribution >= 0.6 is 0 Å². The Morgan fingerprint density at radius 3 is 2.60 bits per heavy atom. The van der Waals surface area contributed by atoms with E-state index >= 15 is 0 Å². The third kappa shape index (κ3) is 5.90. The summed E-state index contributed by atoms with van der Waals surface area (Å²) in [5, 5.41) is 2.32. The molecule has 3 N–H and O–H groups in total. The average molecular weight is 218 g/mol. The van der Waals surface area contributed by atoms with Crippen LogP contribution in [-0.2, 0) is 14.3 Å². The van der Waals surface area contributed by atoms with Crippen molar-refractivity contribution in [3.8, 4) is 0 Å².